The van der Waals surface area contributed by atoms with Crippen LogP contribution in [-0.2, 0) is 11.3 Å². The maximum Gasteiger partial charge on any atom is 0.354 e. The Morgan fingerprint density at radius 1 is 1.14 bits per heavy atom. The van der Waals surface area contributed by atoms with Gasteiger partial charge >= 0.3 is 12.0 Å². The maximum atomic E-state index is 13.3. The summed E-state index contributed by atoms with van der Waals surface area (Å²) in [6.45, 7) is 8.52. The fourth-order valence-electron chi connectivity index (χ4n) is 4.31. The minimum atomic E-state index is -0.450. The van der Waals surface area contributed by atoms with E-state index in [2.05, 4.69) is 5.32 Å². The summed E-state index contributed by atoms with van der Waals surface area (Å²) >= 11 is 0. The molecule has 0 bridgehead atoms. The molecule has 156 valence electrons. The molecule has 0 aromatic carbocycles. The smallest absolute Gasteiger partial charge is 0.354 e. The Balaban J connectivity index is 2.36. The SMILES string of the molecule is CCNC(=O)N(CC(=O)c1c(C)c(C(=O)OC)n(CC)c1C)C1CCCCC1. The van der Waals surface area contributed by atoms with Gasteiger partial charge in [0.2, 0.25) is 0 Å². The van der Waals surface area contributed by atoms with E-state index in [4.69, 9.17) is 4.74 Å². The Hall–Kier alpha value is -2.31. The molecule has 1 fully saturated rings. The molecule has 2 amide bonds. The Morgan fingerprint density at radius 3 is 2.32 bits per heavy atom. The van der Waals surface area contributed by atoms with E-state index in [-0.39, 0.29) is 24.4 Å². The highest BCUT2D eigenvalue weighted by atomic mass is 16.5. The van der Waals surface area contributed by atoms with Gasteiger partial charge in [-0.05, 0) is 46.1 Å². The first kappa shape index (κ1) is 22.0. The molecular formula is C21H33N3O4. The lowest BCUT2D eigenvalue weighted by molar-refractivity contribution is 0.0587. The molecule has 7 nitrogen and oxygen atoms in total. The second-order valence-electron chi connectivity index (χ2n) is 7.35. The Bertz CT molecular complexity index is 732. The van der Waals surface area contributed by atoms with Crippen molar-refractivity contribution in [2.24, 2.45) is 0 Å². The number of methoxy groups -OCH3 is 1. The zero-order valence-electron chi connectivity index (χ0n) is 17.8. The predicted octanol–water partition coefficient (Wildman–Crippen LogP) is 3.46. The second kappa shape index (κ2) is 9.75. The van der Waals surface area contributed by atoms with Gasteiger partial charge in [-0.1, -0.05) is 19.3 Å². The van der Waals surface area contributed by atoms with E-state index in [1.807, 2.05) is 25.3 Å². The van der Waals surface area contributed by atoms with Crippen LogP contribution in [0.4, 0.5) is 4.79 Å². The molecule has 28 heavy (non-hydrogen) atoms. The number of ether oxygens (including phenoxy) is 1. The first-order chi connectivity index (χ1) is 13.4. The number of amides is 2. The van der Waals surface area contributed by atoms with Crippen molar-refractivity contribution in [1.82, 2.24) is 14.8 Å². The van der Waals surface area contributed by atoms with Crippen LogP contribution >= 0.6 is 0 Å². The third-order valence-corrected chi connectivity index (χ3v) is 5.66. The molecule has 0 unspecified atom stereocenters. The standard InChI is InChI=1S/C21H33N3O4/c1-6-22-21(27)24(16-11-9-8-10-12-16)13-17(25)18-14(3)19(20(26)28-5)23(7-2)15(18)4/h16H,6-13H2,1-5H3,(H,22,27). The van der Waals surface area contributed by atoms with E-state index < -0.39 is 5.97 Å². The molecule has 7 heteroatoms. The van der Waals surface area contributed by atoms with Crippen LogP contribution in [0.1, 0.15) is 78.1 Å². The van der Waals surface area contributed by atoms with Gasteiger partial charge in [-0.2, -0.15) is 0 Å². The second-order valence-corrected chi connectivity index (χ2v) is 7.35. The summed E-state index contributed by atoms with van der Waals surface area (Å²) < 4.78 is 6.72. The van der Waals surface area contributed by atoms with Crippen LogP contribution in [0.3, 0.4) is 0 Å². The van der Waals surface area contributed by atoms with Gasteiger partial charge < -0.3 is 19.5 Å². The van der Waals surface area contributed by atoms with Crippen molar-refractivity contribution in [1.29, 1.82) is 0 Å². The zero-order valence-corrected chi connectivity index (χ0v) is 17.8. The lowest BCUT2D eigenvalue weighted by Crippen LogP contribution is -2.49. The highest BCUT2D eigenvalue weighted by Crippen LogP contribution is 2.26. The molecule has 1 aromatic rings. The van der Waals surface area contributed by atoms with E-state index in [0.29, 0.717) is 29.9 Å². The van der Waals surface area contributed by atoms with Crippen LogP contribution in [0.25, 0.3) is 0 Å². The number of ketones is 1. The summed E-state index contributed by atoms with van der Waals surface area (Å²) in [5.41, 5.74) is 2.29. The summed E-state index contributed by atoms with van der Waals surface area (Å²) in [4.78, 5) is 39.8. The van der Waals surface area contributed by atoms with Crippen LogP contribution in [-0.4, -0.2) is 53.5 Å². The first-order valence-corrected chi connectivity index (χ1v) is 10.2. The molecule has 1 aliphatic rings. The lowest BCUT2D eigenvalue weighted by atomic mass is 9.93. The van der Waals surface area contributed by atoms with Crippen LogP contribution in [0.5, 0.6) is 0 Å². The van der Waals surface area contributed by atoms with Gasteiger partial charge in [-0.15, -0.1) is 0 Å². The molecular weight excluding hydrogens is 358 g/mol. The molecule has 0 radical (unpaired) electrons. The lowest BCUT2D eigenvalue weighted by Gasteiger charge is -2.34. The molecule has 2 rings (SSSR count). The number of rotatable bonds is 7. The first-order valence-electron chi connectivity index (χ1n) is 10.2. The summed E-state index contributed by atoms with van der Waals surface area (Å²) in [5, 5.41) is 2.84. The van der Waals surface area contributed by atoms with Gasteiger partial charge in [0.15, 0.2) is 5.78 Å². The number of hydrogen-bond donors (Lipinski definition) is 1. The topological polar surface area (TPSA) is 80.6 Å². The molecule has 0 aliphatic heterocycles. The number of nitrogens with one attached hydrogen (secondary N) is 1. The summed E-state index contributed by atoms with van der Waals surface area (Å²) in [6.07, 6.45) is 5.17. The van der Waals surface area contributed by atoms with Crippen molar-refractivity contribution in [3.05, 3.63) is 22.5 Å². The van der Waals surface area contributed by atoms with Gasteiger partial charge in [0.25, 0.3) is 0 Å². The number of aromatic nitrogens is 1. The molecule has 1 saturated carbocycles. The maximum absolute atomic E-state index is 13.3. The fraction of sp³-hybridized carbons (Fsp3) is 0.667. The largest absolute Gasteiger partial charge is 0.464 e. The number of nitrogens with zero attached hydrogens (tertiary/aromatic N) is 2. The van der Waals surface area contributed by atoms with Crippen molar-refractivity contribution < 1.29 is 19.1 Å². The van der Waals surface area contributed by atoms with Gasteiger partial charge in [0, 0.05) is 30.4 Å². The van der Waals surface area contributed by atoms with Gasteiger partial charge in [-0.3, -0.25) is 4.79 Å². The third-order valence-electron chi connectivity index (χ3n) is 5.66. The highest BCUT2D eigenvalue weighted by Gasteiger charge is 2.31. The van der Waals surface area contributed by atoms with Crippen molar-refractivity contribution in [2.45, 2.75) is 72.4 Å². The Morgan fingerprint density at radius 2 is 1.79 bits per heavy atom. The highest BCUT2D eigenvalue weighted by molar-refractivity contribution is 6.04. The van der Waals surface area contributed by atoms with Crippen LogP contribution in [0.2, 0.25) is 0 Å². The molecule has 1 aliphatic carbocycles. The minimum Gasteiger partial charge on any atom is -0.464 e. The van der Waals surface area contributed by atoms with Crippen LogP contribution < -0.4 is 5.32 Å². The molecule has 1 aromatic heterocycles. The van der Waals surface area contributed by atoms with E-state index >= 15 is 0 Å². The van der Waals surface area contributed by atoms with Crippen molar-refractivity contribution in [2.75, 3.05) is 20.2 Å². The number of urea groups is 1. The molecule has 1 N–H and O–H groups in total. The van der Waals surface area contributed by atoms with Gasteiger partial charge in [-0.25, -0.2) is 9.59 Å². The Labute approximate surface area is 167 Å². The number of esters is 1. The summed E-state index contributed by atoms with van der Waals surface area (Å²) in [6, 6.07) is -0.112. The van der Waals surface area contributed by atoms with Gasteiger partial charge in [0.05, 0.1) is 13.7 Å². The number of carbonyl (C=O) groups is 3. The molecule has 1 heterocycles. The number of hydrogen-bond acceptors (Lipinski definition) is 4. The molecule has 0 saturated heterocycles. The number of carbonyl (C=O) groups excluding carboxylic acids is 3. The minimum absolute atomic E-state index is 0.0204. The Kier molecular flexibility index (Phi) is 7.66. The number of Topliss-reactive ketones (excluding diaryl/α,β-unsaturated/α-hetero) is 1. The van der Waals surface area contributed by atoms with E-state index in [1.165, 1.54) is 13.5 Å². The van der Waals surface area contributed by atoms with Crippen LogP contribution in [0, 0.1) is 13.8 Å². The van der Waals surface area contributed by atoms with Crippen LogP contribution in [0.15, 0.2) is 0 Å². The van der Waals surface area contributed by atoms with Crippen molar-refractivity contribution >= 4 is 17.8 Å². The quantitative estimate of drug-likeness (QED) is 0.570. The average molecular weight is 392 g/mol. The third kappa shape index (κ3) is 4.39. The zero-order chi connectivity index (χ0) is 20.8. The van der Waals surface area contributed by atoms with Crippen molar-refractivity contribution in [3.8, 4) is 0 Å². The fourth-order valence-corrected chi connectivity index (χ4v) is 4.31. The summed E-state index contributed by atoms with van der Waals surface area (Å²) in [7, 11) is 1.34. The van der Waals surface area contributed by atoms with Crippen molar-refractivity contribution in [3.63, 3.8) is 0 Å². The monoisotopic (exact) mass is 391 g/mol. The predicted molar refractivity (Wildman–Crippen MR) is 108 cm³/mol. The van der Waals surface area contributed by atoms with Gasteiger partial charge in [0.1, 0.15) is 5.69 Å². The van der Waals surface area contributed by atoms with E-state index in [1.54, 1.807) is 11.8 Å². The molecule has 0 atom stereocenters. The summed E-state index contributed by atoms with van der Waals surface area (Å²) in [5.74, 6) is -0.585. The normalized spacial score (nSPS) is 14.6. The average Bonchev–Trinajstić information content (AvgIpc) is 2.95. The molecule has 0 spiro atoms. The van der Waals surface area contributed by atoms with E-state index in [0.717, 1.165) is 31.4 Å². The van der Waals surface area contributed by atoms with E-state index in [9.17, 15) is 14.4 Å².